The summed E-state index contributed by atoms with van der Waals surface area (Å²) in [6.07, 6.45) is 0.278. The van der Waals surface area contributed by atoms with Gasteiger partial charge in [-0.3, -0.25) is 5.43 Å². The molecule has 0 aromatic heterocycles. The fraction of sp³-hybridized carbons (Fsp3) is 0.250. The largest absolute Gasteiger partial charge is 0.490 e. The van der Waals surface area contributed by atoms with Gasteiger partial charge >= 0.3 is 5.97 Å². The molecule has 0 saturated heterocycles. The highest BCUT2D eigenvalue weighted by molar-refractivity contribution is 6.82. The van der Waals surface area contributed by atoms with Gasteiger partial charge in [-0.1, -0.05) is 23.7 Å². The molecule has 0 bridgehead atoms. The van der Waals surface area contributed by atoms with Gasteiger partial charge in [0.05, 0.1) is 25.3 Å². The van der Waals surface area contributed by atoms with Crippen LogP contribution in [0.5, 0.6) is 5.75 Å². The third-order valence-corrected chi connectivity index (χ3v) is 2.23. The number of benzene rings is 1. The molecule has 0 radical (unpaired) electrons. The second-order valence-electron chi connectivity index (χ2n) is 3.26. The van der Waals surface area contributed by atoms with Gasteiger partial charge in [0.15, 0.2) is 0 Å². The van der Waals surface area contributed by atoms with Crippen LogP contribution in [0.15, 0.2) is 29.4 Å². The van der Waals surface area contributed by atoms with Crippen molar-refractivity contribution in [3.63, 3.8) is 0 Å². The van der Waals surface area contributed by atoms with Crippen LogP contribution in [-0.4, -0.2) is 24.9 Å². The van der Waals surface area contributed by atoms with E-state index in [9.17, 15) is 4.79 Å². The first-order valence-corrected chi connectivity index (χ1v) is 5.73. The quantitative estimate of drug-likeness (QED) is 0.374. The van der Waals surface area contributed by atoms with Crippen LogP contribution >= 0.6 is 11.6 Å². The minimum absolute atomic E-state index is 0.268. The molecular weight excluding hydrogens is 270 g/mol. The van der Waals surface area contributed by atoms with E-state index in [0.717, 1.165) is 0 Å². The van der Waals surface area contributed by atoms with E-state index in [1.54, 1.807) is 24.3 Å². The molecule has 6 nitrogen and oxygen atoms in total. The Labute approximate surface area is 115 Å². The van der Waals surface area contributed by atoms with Crippen molar-refractivity contribution >= 4 is 28.4 Å². The van der Waals surface area contributed by atoms with E-state index in [4.69, 9.17) is 21.6 Å². The first-order valence-electron chi connectivity index (χ1n) is 5.35. The smallest absolute Gasteiger partial charge is 0.370 e. The van der Waals surface area contributed by atoms with E-state index in [0.29, 0.717) is 11.4 Å². The van der Waals surface area contributed by atoms with Crippen LogP contribution in [0.2, 0.25) is 0 Å². The molecule has 0 aliphatic rings. The summed E-state index contributed by atoms with van der Waals surface area (Å²) in [5.41, 5.74) is 3.13. The number of hydrogen-bond donors (Lipinski definition) is 1. The zero-order valence-electron chi connectivity index (χ0n) is 10.2. The van der Waals surface area contributed by atoms with Gasteiger partial charge in [-0.2, -0.15) is 10.4 Å². The number of nitrogens with zero attached hydrogens (tertiary/aromatic N) is 2. The van der Waals surface area contributed by atoms with E-state index >= 15 is 0 Å². The van der Waals surface area contributed by atoms with Crippen LogP contribution in [0, 0.1) is 11.3 Å². The summed E-state index contributed by atoms with van der Waals surface area (Å²) in [5.74, 6) is -0.229. The maximum atomic E-state index is 11.0. The fourth-order valence-corrected chi connectivity index (χ4v) is 1.25. The molecule has 0 spiro atoms. The molecule has 0 aliphatic carbocycles. The van der Waals surface area contributed by atoms with Crippen molar-refractivity contribution < 1.29 is 14.3 Å². The Kier molecular flexibility index (Phi) is 6.19. The zero-order valence-corrected chi connectivity index (χ0v) is 11.0. The minimum Gasteiger partial charge on any atom is -0.490 e. The lowest BCUT2D eigenvalue weighted by molar-refractivity contribution is -0.132. The molecule has 1 aromatic rings. The average Bonchev–Trinajstić information content (AvgIpc) is 2.45. The molecular formula is C12H12ClN3O3. The molecule has 0 atom stereocenters. The van der Waals surface area contributed by atoms with Gasteiger partial charge in [-0.15, -0.1) is 0 Å². The molecule has 100 valence electrons. The van der Waals surface area contributed by atoms with Crippen molar-refractivity contribution in [2.45, 2.75) is 6.42 Å². The maximum Gasteiger partial charge on any atom is 0.370 e. The van der Waals surface area contributed by atoms with Gasteiger partial charge in [0.2, 0.25) is 5.17 Å². The second kappa shape index (κ2) is 7.95. The van der Waals surface area contributed by atoms with Crippen molar-refractivity contribution in [2.75, 3.05) is 19.1 Å². The predicted molar refractivity (Wildman–Crippen MR) is 71.1 cm³/mol. The molecule has 7 heteroatoms. The Hall–Kier alpha value is -2.26. The lowest BCUT2D eigenvalue weighted by Crippen LogP contribution is -2.11. The van der Waals surface area contributed by atoms with Gasteiger partial charge in [0.25, 0.3) is 0 Å². The number of methoxy groups -OCH3 is 1. The lowest BCUT2D eigenvalue weighted by atomic mass is 10.3. The minimum atomic E-state index is -0.739. The number of hydrogen-bond acceptors (Lipinski definition) is 6. The molecule has 0 amide bonds. The van der Waals surface area contributed by atoms with Gasteiger partial charge in [0, 0.05) is 0 Å². The van der Waals surface area contributed by atoms with Crippen molar-refractivity contribution in [3.8, 4) is 11.8 Å². The summed E-state index contributed by atoms with van der Waals surface area (Å²) in [6, 6.07) is 8.93. The number of para-hydroxylation sites is 2. The van der Waals surface area contributed by atoms with Crippen LogP contribution in [0.25, 0.3) is 0 Å². The summed E-state index contributed by atoms with van der Waals surface area (Å²) in [6.45, 7) is 0.268. The van der Waals surface area contributed by atoms with E-state index < -0.39 is 5.97 Å². The monoisotopic (exact) mass is 281 g/mol. The Morgan fingerprint density at radius 3 is 2.95 bits per heavy atom. The molecule has 0 aliphatic heterocycles. The summed E-state index contributed by atoms with van der Waals surface area (Å²) in [7, 11) is 1.21. The molecule has 0 unspecified atom stereocenters. The number of anilines is 1. The Morgan fingerprint density at radius 2 is 2.26 bits per heavy atom. The van der Waals surface area contributed by atoms with Crippen LogP contribution in [0.1, 0.15) is 6.42 Å². The number of carbonyl (C=O) groups excluding carboxylic acids is 1. The van der Waals surface area contributed by atoms with E-state index in [1.807, 2.05) is 6.07 Å². The fourth-order valence-electron chi connectivity index (χ4n) is 1.13. The number of halogens is 1. The lowest BCUT2D eigenvalue weighted by Gasteiger charge is -2.09. The Balaban J connectivity index is 2.73. The molecule has 0 saturated carbocycles. The first kappa shape index (κ1) is 14.8. The van der Waals surface area contributed by atoms with Crippen molar-refractivity contribution in [3.05, 3.63) is 24.3 Å². The molecule has 1 aromatic carbocycles. The van der Waals surface area contributed by atoms with Gasteiger partial charge in [-0.25, -0.2) is 4.79 Å². The number of ether oxygens (including phenoxy) is 2. The molecule has 19 heavy (non-hydrogen) atoms. The Bertz CT molecular complexity index is 511. The number of carbonyl (C=O) groups is 1. The molecule has 0 heterocycles. The summed E-state index contributed by atoms with van der Waals surface area (Å²) >= 11 is 5.59. The van der Waals surface area contributed by atoms with Crippen LogP contribution < -0.4 is 10.2 Å². The third kappa shape index (κ3) is 4.85. The van der Waals surface area contributed by atoms with E-state index in [2.05, 4.69) is 15.3 Å². The normalized spacial score (nSPS) is 10.5. The average molecular weight is 282 g/mol. The van der Waals surface area contributed by atoms with Crippen molar-refractivity contribution in [1.29, 1.82) is 5.26 Å². The highest BCUT2D eigenvalue weighted by atomic mass is 35.5. The Morgan fingerprint density at radius 1 is 1.53 bits per heavy atom. The van der Waals surface area contributed by atoms with E-state index in [1.165, 1.54) is 7.11 Å². The van der Waals surface area contributed by atoms with Crippen molar-refractivity contribution in [2.24, 2.45) is 5.10 Å². The summed E-state index contributed by atoms with van der Waals surface area (Å²) < 4.78 is 9.78. The highest BCUT2D eigenvalue weighted by Gasteiger charge is 2.08. The molecule has 1 N–H and O–H groups in total. The van der Waals surface area contributed by atoms with Gasteiger partial charge < -0.3 is 9.47 Å². The number of nitrogens with one attached hydrogen (secondary N) is 1. The number of esters is 1. The van der Waals surface area contributed by atoms with Crippen molar-refractivity contribution in [1.82, 2.24) is 0 Å². The van der Waals surface area contributed by atoms with Gasteiger partial charge in [-0.05, 0) is 12.1 Å². The number of nitriles is 1. The van der Waals surface area contributed by atoms with Crippen LogP contribution in [-0.2, 0) is 9.53 Å². The first-order chi connectivity index (χ1) is 9.19. The summed E-state index contributed by atoms with van der Waals surface area (Å²) in [5, 5.41) is 11.8. The zero-order chi connectivity index (χ0) is 14.1. The molecule has 1 rings (SSSR count). The number of rotatable bonds is 6. The van der Waals surface area contributed by atoms with Crippen LogP contribution in [0.3, 0.4) is 0 Å². The SMILES string of the molecule is COC(=O)C(Cl)=NNc1ccccc1OCCC#N. The number of hydrazone groups is 1. The maximum absolute atomic E-state index is 11.0. The van der Waals surface area contributed by atoms with E-state index in [-0.39, 0.29) is 18.2 Å². The van der Waals surface area contributed by atoms with Gasteiger partial charge in [0.1, 0.15) is 12.4 Å². The van der Waals surface area contributed by atoms with Crippen LogP contribution in [0.4, 0.5) is 5.69 Å². The highest BCUT2D eigenvalue weighted by Crippen LogP contribution is 2.23. The molecule has 0 fully saturated rings. The second-order valence-corrected chi connectivity index (χ2v) is 3.62. The topological polar surface area (TPSA) is 83.7 Å². The predicted octanol–water partition coefficient (Wildman–Crippen LogP) is 2.12. The third-order valence-electron chi connectivity index (χ3n) is 1.99. The summed E-state index contributed by atoms with van der Waals surface area (Å²) in [4.78, 5) is 11.0. The standard InChI is InChI=1S/C12H12ClN3O3/c1-18-12(17)11(13)16-15-9-5-2-3-6-10(9)19-8-4-7-14/h2-3,5-6,15H,4,8H2,1H3.